The van der Waals surface area contributed by atoms with Gasteiger partial charge in [0.05, 0.1) is 19.5 Å². The van der Waals surface area contributed by atoms with Gasteiger partial charge >= 0.3 is 0 Å². The molecule has 0 fully saturated rings. The Bertz CT molecular complexity index is 545. The molecule has 0 heterocycles. The molecule has 0 radical (unpaired) electrons. The van der Waals surface area contributed by atoms with Gasteiger partial charge in [0.1, 0.15) is 11.5 Å². The molecule has 5 nitrogen and oxygen atoms in total. The minimum atomic E-state index is -3.93. The zero-order valence-corrected chi connectivity index (χ0v) is 14.9. The van der Waals surface area contributed by atoms with Crippen molar-refractivity contribution in [3.8, 4) is 11.5 Å². The van der Waals surface area contributed by atoms with Crippen molar-refractivity contribution in [2.24, 2.45) is 0 Å². The van der Waals surface area contributed by atoms with E-state index >= 15 is 0 Å². The van der Waals surface area contributed by atoms with E-state index in [1.807, 2.05) is 12.1 Å². The summed E-state index contributed by atoms with van der Waals surface area (Å²) in [5.41, 5.74) is 1.86. The highest BCUT2D eigenvalue weighted by atomic mass is 79.9. The molecule has 0 bridgehead atoms. The summed E-state index contributed by atoms with van der Waals surface area (Å²) in [5.74, 6) is 1.13. The van der Waals surface area contributed by atoms with Crippen LogP contribution in [0, 0.1) is 0 Å². The summed E-state index contributed by atoms with van der Waals surface area (Å²) in [6, 6.07) is 3.74. The van der Waals surface area contributed by atoms with Gasteiger partial charge in [-0.2, -0.15) is 8.42 Å². The highest BCUT2D eigenvalue weighted by molar-refractivity contribution is 9.08. The SMILES string of the molecule is COc1cc(CBr)c(OCCCS(=O)(=O)O)cc1CBr. The lowest BCUT2D eigenvalue weighted by atomic mass is 10.1. The molecule has 8 heteroatoms. The second kappa shape index (κ2) is 8.21. The summed E-state index contributed by atoms with van der Waals surface area (Å²) in [5, 5.41) is 1.22. The topological polar surface area (TPSA) is 72.8 Å². The van der Waals surface area contributed by atoms with E-state index in [1.54, 1.807) is 7.11 Å². The fourth-order valence-corrected chi connectivity index (χ4v) is 2.96. The zero-order valence-electron chi connectivity index (χ0n) is 10.9. The monoisotopic (exact) mass is 430 g/mol. The van der Waals surface area contributed by atoms with Crippen LogP contribution >= 0.6 is 31.9 Å². The van der Waals surface area contributed by atoms with E-state index in [0.717, 1.165) is 16.9 Å². The van der Waals surface area contributed by atoms with Gasteiger partial charge in [-0.1, -0.05) is 31.9 Å². The Hall–Kier alpha value is -0.310. The molecule has 0 aliphatic carbocycles. The van der Waals surface area contributed by atoms with Gasteiger partial charge < -0.3 is 9.47 Å². The number of methoxy groups -OCH3 is 1. The standard InChI is InChI=1S/C12H16Br2O5S/c1-18-11-5-10(8-14)12(6-9(11)7-13)19-3-2-4-20(15,16)17/h5-6H,2-4,7-8H2,1H3,(H,15,16,17). The smallest absolute Gasteiger partial charge is 0.264 e. The van der Waals surface area contributed by atoms with Crippen LogP contribution in [0.25, 0.3) is 0 Å². The van der Waals surface area contributed by atoms with Crippen LogP contribution in [0.5, 0.6) is 11.5 Å². The van der Waals surface area contributed by atoms with E-state index in [9.17, 15) is 8.42 Å². The number of halogens is 2. The van der Waals surface area contributed by atoms with Crippen LogP contribution in [0.4, 0.5) is 0 Å². The predicted molar refractivity (Wildman–Crippen MR) is 84.8 cm³/mol. The van der Waals surface area contributed by atoms with Gasteiger partial charge in [0, 0.05) is 21.8 Å². The first-order valence-corrected chi connectivity index (χ1v) is 9.66. The van der Waals surface area contributed by atoms with E-state index < -0.39 is 10.1 Å². The molecule has 0 atom stereocenters. The lowest BCUT2D eigenvalue weighted by molar-refractivity contribution is 0.312. The summed E-state index contributed by atoms with van der Waals surface area (Å²) in [6.45, 7) is 0.216. The molecule has 20 heavy (non-hydrogen) atoms. The summed E-state index contributed by atoms with van der Waals surface area (Å²) in [7, 11) is -2.33. The molecule has 0 saturated heterocycles. The quantitative estimate of drug-likeness (QED) is 0.388. The molecule has 0 saturated carbocycles. The first kappa shape index (κ1) is 17.7. The number of benzene rings is 1. The van der Waals surface area contributed by atoms with Crippen molar-refractivity contribution in [2.45, 2.75) is 17.1 Å². The van der Waals surface area contributed by atoms with Gasteiger partial charge in [0.15, 0.2) is 0 Å². The second-order valence-corrected chi connectivity index (χ2v) is 6.72. The van der Waals surface area contributed by atoms with E-state index in [-0.39, 0.29) is 18.8 Å². The van der Waals surface area contributed by atoms with E-state index in [4.69, 9.17) is 14.0 Å². The van der Waals surface area contributed by atoms with Gasteiger partial charge in [-0.05, 0) is 18.6 Å². The lowest BCUT2D eigenvalue weighted by Gasteiger charge is -2.14. The van der Waals surface area contributed by atoms with Crippen LogP contribution in [0.3, 0.4) is 0 Å². The molecule has 0 aromatic heterocycles. The molecule has 0 amide bonds. The summed E-state index contributed by atoms with van der Waals surface area (Å²) in [6.07, 6.45) is 0.232. The average Bonchev–Trinajstić information content (AvgIpc) is 2.41. The van der Waals surface area contributed by atoms with Crippen LogP contribution < -0.4 is 9.47 Å². The van der Waals surface area contributed by atoms with Crippen molar-refractivity contribution in [2.75, 3.05) is 19.5 Å². The molecule has 1 rings (SSSR count). The Morgan fingerprint density at radius 2 is 1.70 bits per heavy atom. The maximum Gasteiger partial charge on any atom is 0.264 e. The predicted octanol–water partition coefficient (Wildman–Crippen LogP) is 3.14. The fourth-order valence-electron chi connectivity index (χ4n) is 1.60. The molecule has 1 N–H and O–H groups in total. The van der Waals surface area contributed by atoms with Crippen molar-refractivity contribution in [1.29, 1.82) is 0 Å². The minimum absolute atomic E-state index is 0.216. The van der Waals surface area contributed by atoms with Crippen molar-refractivity contribution in [1.82, 2.24) is 0 Å². The Labute approximate surface area is 135 Å². The zero-order chi connectivity index (χ0) is 15.2. The number of hydrogen-bond acceptors (Lipinski definition) is 4. The molecule has 0 spiro atoms. The van der Waals surface area contributed by atoms with Crippen LogP contribution in [-0.2, 0) is 20.8 Å². The summed E-state index contributed by atoms with van der Waals surface area (Å²) in [4.78, 5) is 0. The van der Waals surface area contributed by atoms with Crippen LogP contribution in [0.1, 0.15) is 17.5 Å². The van der Waals surface area contributed by atoms with Crippen LogP contribution in [0.2, 0.25) is 0 Å². The van der Waals surface area contributed by atoms with Gasteiger partial charge in [-0.3, -0.25) is 4.55 Å². The van der Waals surface area contributed by atoms with Crippen molar-refractivity contribution in [3.63, 3.8) is 0 Å². The molecule has 0 unspecified atom stereocenters. The Morgan fingerprint density at radius 3 is 2.20 bits per heavy atom. The molecule has 1 aromatic rings. The number of hydrogen-bond donors (Lipinski definition) is 1. The van der Waals surface area contributed by atoms with Gasteiger partial charge in [-0.15, -0.1) is 0 Å². The summed E-state index contributed by atoms with van der Waals surface area (Å²) >= 11 is 6.75. The number of alkyl halides is 2. The molecule has 1 aromatic carbocycles. The van der Waals surface area contributed by atoms with Crippen molar-refractivity contribution < 1.29 is 22.4 Å². The molecule has 0 aliphatic heterocycles. The maximum absolute atomic E-state index is 10.6. The third kappa shape index (κ3) is 5.59. The Balaban J connectivity index is 2.78. The van der Waals surface area contributed by atoms with Crippen molar-refractivity contribution in [3.05, 3.63) is 23.3 Å². The van der Waals surface area contributed by atoms with E-state index in [1.165, 1.54) is 0 Å². The number of rotatable bonds is 8. The highest BCUT2D eigenvalue weighted by Gasteiger charge is 2.11. The minimum Gasteiger partial charge on any atom is -0.496 e. The maximum atomic E-state index is 10.6. The Morgan fingerprint density at radius 1 is 1.15 bits per heavy atom. The van der Waals surface area contributed by atoms with E-state index in [2.05, 4.69) is 31.9 Å². The van der Waals surface area contributed by atoms with Crippen LogP contribution in [-0.4, -0.2) is 32.4 Å². The molecular formula is C12H16Br2O5S. The first-order valence-electron chi connectivity index (χ1n) is 5.81. The average molecular weight is 432 g/mol. The van der Waals surface area contributed by atoms with Gasteiger partial charge in [0.25, 0.3) is 10.1 Å². The second-order valence-electron chi connectivity index (χ2n) is 4.03. The van der Waals surface area contributed by atoms with Gasteiger partial charge in [0.2, 0.25) is 0 Å². The van der Waals surface area contributed by atoms with Crippen LogP contribution in [0.15, 0.2) is 12.1 Å². The van der Waals surface area contributed by atoms with Crippen molar-refractivity contribution >= 4 is 42.0 Å². The van der Waals surface area contributed by atoms with E-state index in [0.29, 0.717) is 16.4 Å². The Kier molecular flexibility index (Phi) is 7.28. The molecular weight excluding hydrogens is 416 g/mol. The molecule has 114 valence electrons. The fraction of sp³-hybridized carbons (Fsp3) is 0.500. The third-order valence-corrected chi connectivity index (χ3v) is 4.57. The normalized spacial score (nSPS) is 11.4. The third-order valence-electron chi connectivity index (χ3n) is 2.56. The first-order chi connectivity index (χ1) is 9.41. The highest BCUT2D eigenvalue weighted by Crippen LogP contribution is 2.31. The summed E-state index contributed by atoms with van der Waals surface area (Å²) < 4.78 is 40.8. The van der Waals surface area contributed by atoms with Gasteiger partial charge in [-0.25, -0.2) is 0 Å². The lowest BCUT2D eigenvalue weighted by Crippen LogP contribution is -2.09. The number of ether oxygens (including phenoxy) is 2. The largest absolute Gasteiger partial charge is 0.496 e. The molecule has 0 aliphatic rings.